The summed E-state index contributed by atoms with van der Waals surface area (Å²) in [6.45, 7) is 0. The second-order valence-corrected chi connectivity index (χ2v) is 2.08. The summed E-state index contributed by atoms with van der Waals surface area (Å²) < 4.78 is 0. The normalized spacial score (nSPS) is 9.33. The first kappa shape index (κ1) is 12.0. The van der Waals surface area contributed by atoms with E-state index in [-0.39, 0.29) is 49.4 Å². The van der Waals surface area contributed by atoms with Gasteiger partial charge in [-0.05, 0) is 11.6 Å². The molecular weight excluding hydrogens is 292 g/mol. The van der Waals surface area contributed by atoms with E-state index < -0.39 is 5.97 Å². The maximum Gasteiger partial charge on any atom is 0.328 e. The van der Waals surface area contributed by atoms with Crippen molar-refractivity contribution in [3.63, 3.8) is 0 Å². The topological polar surface area (TPSA) is 37.3 Å². The zero-order chi connectivity index (χ0) is 8.10. The van der Waals surface area contributed by atoms with Gasteiger partial charge in [0.25, 0.3) is 0 Å². The van der Waals surface area contributed by atoms with Crippen molar-refractivity contribution in [1.82, 2.24) is 0 Å². The molecule has 1 rings (SSSR count). The molecular formula is C9H8EuO2. The predicted molar refractivity (Wildman–Crippen MR) is 43.1 cm³/mol. The molecule has 0 saturated heterocycles. The summed E-state index contributed by atoms with van der Waals surface area (Å²) in [5, 5.41) is 8.29. The van der Waals surface area contributed by atoms with E-state index in [0.717, 1.165) is 11.6 Å². The Labute approximate surface area is 112 Å². The zero-order valence-corrected chi connectivity index (χ0v) is 8.70. The molecule has 0 aliphatic rings. The van der Waals surface area contributed by atoms with Crippen LogP contribution in [0.4, 0.5) is 0 Å². The minimum atomic E-state index is -0.922. The van der Waals surface area contributed by atoms with Gasteiger partial charge >= 0.3 is 5.97 Å². The molecule has 0 atom stereocenters. The van der Waals surface area contributed by atoms with Crippen LogP contribution in [0.2, 0.25) is 0 Å². The third-order valence-corrected chi connectivity index (χ3v) is 1.22. The molecule has 12 heavy (non-hydrogen) atoms. The SMILES string of the molecule is O=C(O)C=Cc1ccccc1.[Eu]. The van der Waals surface area contributed by atoms with Gasteiger partial charge < -0.3 is 5.11 Å². The second-order valence-electron chi connectivity index (χ2n) is 2.08. The number of carboxylic acids is 1. The van der Waals surface area contributed by atoms with Crippen molar-refractivity contribution < 1.29 is 59.3 Å². The summed E-state index contributed by atoms with van der Waals surface area (Å²) in [5.41, 5.74) is 0.898. The molecule has 0 unspecified atom stereocenters. The molecule has 0 aromatic heterocycles. The van der Waals surface area contributed by atoms with Gasteiger partial charge in [-0.3, -0.25) is 0 Å². The first-order valence-electron chi connectivity index (χ1n) is 3.25. The molecule has 2 nitrogen and oxygen atoms in total. The fourth-order valence-electron chi connectivity index (χ4n) is 0.732. The van der Waals surface area contributed by atoms with Crippen molar-refractivity contribution in [3.8, 4) is 0 Å². The summed E-state index contributed by atoms with van der Waals surface area (Å²) in [6.07, 6.45) is 2.68. The molecule has 0 amide bonds. The number of carboxylic acid groups (broad SMARTS) is 1. The van der Waals surface area contributed by atoms with Crippen LogP contribution in [0, 0.1) is 49.4 Å². The van der Waals surface area contributed by atoms with E-state index in [2.05, 4.69) is 0 Å². The third-order valence-electron chi connectivity index (χ3n) is 1.22. The fourth-order valence-corrected chi connectivity index (χ4v) is 0.732. The van der Waals surface area contributed by atoms with Crippen LogP contribution in [0.25, 0.3) is 6.08 Å². The van der Waals surface area contributed by atoms with E-state index in [9.17, 15) is 4.79 Å². The van der Waals surface area contributed by atoms with Gasteiger partial charge in [0.2, 0.25) is 0 Å². The van der Waals surface area contributed by atoms with Crippen LogP contribution in [0.3, 0.4) is 0 Å². The summed E-state index contributed by atoms with van der Waals surface area (Å²) in [7, 11) is 0. The van der Waals surface area contributed by atoms with E-state index in [1.807, 2.05) is 30.3 Å². The maximum atomic E-state index is 10.1. The van der Waals surface area contributed by atoms with Gasteiger partial charge in [0, 0.05) is 55.5 Å². The van der Waals surface area contributed by atoms with Crippen LogP contribution in [-0.2, 0) is 4.79 Å². The van der Waals surface area contributed by atoms with Gasteiger partial charge in [-0.2, -0.15) is 0 Å². The molecule has 0 bridgehead atoms. The Balaban J connectivity index is 0.00000121. The molecule has 1 radical (unpaired) electrons. The van der Waals surface area contributed by atoms with Gasteiger partial charge in [0.1, 0.15) is 0 Å². The Morgan fingerprint density at radius 2 is 1.83 bits per heavy atom. The molecule has 0 saturated carbocycles. The number of rotatable bonds is 2. The number of benzene rings is 1. The minimum absolute atomic E-state index is 0. The van der Waals surface area contributed by atoms with Crippen molar-refractivity contribution in [2.75, 3.05) is 0 Å². The quantitative estimate of drug-likeness (QED) is 0.846. The summed E-state index contributed by atoms with van der Waals surface area (Å²) in [6, 6.07) is 9.31. The predicted octanol–water partition coefficient (Wildman–Crippen LogP) is 1.78. The van der Waals surface area contributed by atoms with Gasteiger partial charge in [-0.1, -0.05) is 30.3 Å². The fraction of sp³-hybridized carbons (Fsp3) is 0. The molecule has 3 heteroatoms. The van der Waals surface area contributed by atoms with E-state index in [4.69, 9.17) is 5.11 Å². The van der Waals surface area contributed by atoms with Crippen LogP contribution in [-0.4, -0.2) is 11.1 Å². The number of carbonyl (C=O) groups is 1. The first-order chi connectivity index (χ1) is 5.29. The Morgan fingerprint density at radius 1 is 1.25 bits per heavy atom. The largest absolute Gasteiger partial charge is 0.478 e. The van der Waals surface area contributed by atoms with Gasteiger partial charge in [-0.25, -0.2) is 4.79 Å². The van der Waals surface area contributed by atoms with Gasteiger partial charge in [0.15, 0.2) is 0 Å². The van der Waals surface area contributed by atoms with Crippen molar-refractivity contribution in [3.05, 3.63) is 42.0 Å². The van der Waals surface area contributed by atoms with Crippen LogP contribution in [0.5, 0.6) is 0 Å². The van der Waals surface area contributed by atoms with Crippen molar-refractivity contribution >= 4 is 12.0 Å². The summed E-state index contributed by atoms with van der Waals surface area (Å²) in [4.78, 5) is 10.1. The molecule has 1 aromatic carbocycles. The first-order valence-corrected chi connectivity index (χ1v) is 3.25. The smallest absolute Gasteiger partial charge is 0.328 e. The summed E-state index contributed by atoms with van der Waals surface area (Å²) in [5.74, 6) is -0.922. The van der Waals surface area contributed by atoms with Gasteiger partial charge in [0.05, 0.1) is 0 Å². The van der Waals surface area contributed by atoms with E-state index in [1.165, 1.54) is 0 Å². The number of hydrogen-bond donors (Lipinski definition) is 1. The number of hydrogen-bond acceptors (Lipinski definition) is 1. The average molecular weight is 300 g/mol. The van der Waals surface area contributed by atoms with E-state index >= 15 is 0 Å². The second kappa shape index (κ2) is 6.52. The zero-order valence-electron chi connectivity index (χ0n) is 6.27. The molecule has 1 N–H and O–H groups in total. The molecule has 63 valence electrons. The molecule has 0 aliphatic heterocycles. The van der Waals surface area contributed by atoms with Crippen LogP contribution in [0.15, 0.2) is 36.4 Å². The van der Waals surface area contributed by atoms with Crippen LogP contribution >= 0.6 is 0 Å². The Bertz CT molecular complexity index is 267. The Hall–Kier alpha value is 0.0144. The van der Waals surface area contributed by atoms with Crippen molar-refractivity contribution in [2.45, 2.75) is 0 Å². The minimum Gasteiger partial charge on any atom is -0.478 e. The van der Waals surface area contributed by atoms with Crippen molar-refractivity contribution in [1.29, 1.82) is 0 Å². The Kier molecular flexibility index (Phi) is 6.53. The van der Waals surface area contributed by atoms with Crippen LogP contribution < -0.4 is 0 Å². The monoisotopic (exact) mass is 301 g/mol. The van der Waals surface area contributed by atoms with E-state index in [1.54, 1.807) is 6.08 Å². The van der Waals surface area contributed by atoms with Crippen LogP contribution in [0.1, 0.15) is 5.56 Å². The molecule has 0 aliphatic carbocycles. The molecule has 0 spiro atoms. The third kappa shape index (κ3) is 4.80. The number of aliphatic carboxylic acids is 1. The standard InChI is InChI=1S/C9H8O2.Eu/c10-9(11)7-6-8-4-2-1-3-5-8;/h1-7H,(H,10,11);. The molecule has 0 heterocycles. The molecule has 0 fully saturated rings. The van der Waals surface area contributed by atoms with Gasteiger partial charge in [-0.15, -0.1) is 0 Å². The Morgan fingerprint density at radius 3 is 2.33 bits per heavy atom. The average Bonchev–Trinajstić information content (AvgIpc) is 2.03. The molecule has 1 aromatic rings. The maximum absolute atomic E-state index is 10.1. The van der Waals surface area contributed by atoms with Crippen molar-refractivity contribution in [2.24, 2.45) is 0 Å². The summed E-state index contributed by atoms with van der Waals surface area (Å²) >= 11 is 0. The van der Waals surface area contributed by atoms with E-state index in [0.29, 0.717) is 0 Å².